The number of carbonyl (C=O) groups is 3. The number of rotatable bonds is 4. The van der Waals surface area contributed by atoms with Crippen molar-refractivity contribution in [1.82, 2.24) is 4.90 Å². The van der Waals surface area contributed by atoms with E-state index < -0.39 is 11.8 Å². The Bertz CT molecular complexity index is 684. The van der Waals surface area contributed by atoms with Crippen LogP contribution >= 0.6 is 0 Å². The van der Waals surface area contributed by atoms with Crippen LogP contribution in [0.3, 0.4) is 0 Å². The number of piperidine rings is 1. The van der Waals surface area contributed by atoms with Crippen molar-refractivity contribution in [3.63, 3.8) is 0 Å². The lowest BCUT2D eigenvalue weighted by molar-refractivity contribution is -0.153. The first kappa shape index (κ1) is 19.9. The molecule has 1 saturated heterocycles. The zero-order valence-corrected chi connectivity index (χ0v) is 16.0. The number of nitrogens with one attached hydrogen (secondary N) is 1. The molecule has 142 valence electrons. The monoisotopic (exact) mass is 360 g/mol. The fourth-order valence-corrected chi connectivity index (χ4v) is 3.27. The van der Waals surface area contributed by atoms with Gasteiger partial charge in [-0.2, -0.15) is 0 Å². The van der Waals surface area contributed by atoms with Crippen LogP contribution in [-0.4, -0.2) is 42.4 Å². The normalized spacial score (nSPS) is 17.1. The SMILES string of the molecule is CCOC(=O)C1CCCN(C(=O)C(=O)Nc2c(C)cccc2C(C)C)C1. The molecule has 1 fully saturated rings. The van der Waals surface area contributed by atoms with Crippen LogP contribution in [0.15, 0.2) is 18.2 Å². The Labute approximate surface area is 154 Å². The van der Waals surface area contributed by atoms with E-state index in [0.717, 1.165) is 11.1 Å². The van der Waals surface area contributed by atoms with Gasteiger partial charge in [0.25, 0.3) is 0 Å². The third kappa shape index (κ3) is 4.62. The van der Waals surface area contributed by atoms with Crippen LogP contribution in [0.4, 0.5) is 5.69 Å². The number of ether oxygens (including phenoxy) is 1. The largest absolute Gasteiger partial charge is 0.466 e. The van der Waals surface area contributed by atoms with Crippen LogP contribution in [0.1, 0.15) is 50.7 Å². The number of aryl methyl sites for hydroxylation is 1. The van der Waals surface area contributed by atoms with Crippen molar-refractivity contribution in [2.75, 3.05) is 25.0 Å². The van der Waals surface area contributed by atoms with Gasteiger partial charge < -0.3 is 15.0 Å². The average molecular weight is 360 g/mol. The lowest BCUT2D eigenvalue weighted by atomic mass is 9.97. The van der Waals surface area contributed by atoms with Crippen LogP contribution in [0.25, 0.3) is 0 Å². The fourth-order valence-electron chi connectivity index (χ4n) is 3.27. The van der Waals surface area contributed by atoms with E-state index in [9.17, 15) is 14.4 Å². The van der Waals surface area contributed by atoms with Gasteiger partial charge in [0.1, 0.15) is 0 Å². The smallest absolute Gasteiger partial charge is 0.313 e. The zero-order valence-electron chi connectivity index (χ0n) is 16.0. The third-order valence-corrected chi connectivity index (χ3v) is 4.69. The van der Waals surface area contributed by atoms with Crippen molar-refractivity contribution in [2.24, 2.45) is 5.92 Å². The number of likely N-dealkylation sites (tertiary alicyclic amines) is 1. The van der Waals surface area contributed by atoms with Gasteiger partial charge >= 0.3 is 17.8 Å². The maximum absolute atomic E-state index is 12.6. The molecule has 1 N–H and O–H groups in total. The molecule has 0 aliphatic carbocycles. The van der Waals surface area contributed by atoms with Crippen LogP contribution < -0.4 is 5.32 Å². The minimum absolute atomic E-state index is 0.225. The van der Waals surface area contributed by atoms with E-state index in [1.807, 2.05) is 39.0 Å². The molecule has 6 heteroatoms. The quantitative estimate of drug-likeness (QED) is 0.662. The second kappa shape index (κ2) is 8.83. The Balaban J connectivity index is 2.08. The number of benzene rings is 1. The van der Waals surface area contributed by atoms with Gasteiger partial charge in [0.2, 0.25) is 0 Å². The zero-order chi connectivity index (χ0) is 19.3. The molecule has 6 nitrogen and oxygen atoms in total. The minimum atomic E-state index is -0.661. The molecule has 0 radical (unpaired) electrons. The number of amides is 2. The average Bonchev–Trinajstić information content (AvgIpc) is 2.62. The maximum Gasteiger partial charge on any atom is 0.313 e. The highest BCUT2D eigenvalue weighted by atomic mass is 16.5. The Hall–Kier alpha value is -2.37. The number of anilines is 1. The van der Waals surface area contributed by atoms with E-state index in [1.54, 1.807) is 6.92 Å². The highest BCUT2D eigenvalue weighted by Gasteiger charge is 2.32. The molecule has 0 spiro atoms. The van der Waals surface area contributed by atoms with Gasteiger partial charge in [0.05, 0.1) is 12.5 Å². The van der Waals surface area contributed by atoms with Gasteiger partial charge in [-0.3, -0.25) is 14.4 Å². The van der Waals surface area contributed by atoms with E-state index in [4.69, 9.17) is 4.74 Å². The predicted octanol–water partition coefficient (Wildman–Crippen LogP) is 2.86. The highest BCUT2D eigenvalue weighted by molar-refractivity contribution is 6.39. The van der Waals surface area contributed by atoms with Crippen molar-refractivity contribution in [1.29, 1.82) is 0 Å². The lowest BCUT2D eigenvalue weighted by Crippen LogP contribution is -2.47. The summed E-state index contributed by atoms with van der Waals surface area (Å²) in [5, 5.41) is 2.78. The van der Waals surface area contributed by atoms with Gasteiger partial charge in [-0.1, -0.05) is 32.0 Å². The van der Waals surface area contributed by atoms with Crippen molar-refractivity contribution >= 4 is 23.5 Å². The number of esters is 1. The Morgan fingerprint density at radius 2 is 2.04 bits per heavy atom. The number of hydrogen-bond donors (Lipinski definition) is 1. The van der Waals surface area contributed by atoms with Crippen LogP contribution in [0, 0.1) is 12.8 Å². The summed E-state index contributed by atoms with van der Waals surface area (Å²) in [7, 11) is 0. The van der Waals surface area contributed by atoms with Gasteiger partial charge in [0.15, 0.2) is 0 Å². The second-order valence-electron chi connectivity index (χ2n) is 6.99. The summed E-state index contributed by atoms with van der Waals surface area (Å²) in [6, 6.07) is 5.80. The molecule has 1 aromatic rings. The molecule has 0 bridgehead atoms. The van der Waals surface area contributed by atoms with E-state index in [-0.39, 0.29) is 24.3 Å². The summed E-state index contributed by atoms with van der Waals surface area (Å²) < 4.78 is 5.05. The second-order valence-corrected chi connectivity index (χ2v) is 6.99. The number of para-hydroxylation sites is 1. The molecule has 1 aliphatic rings. The molecule has 1 aromatic carbocycles. The highest BCUT2D eigenvalue weighted by Crippen LogP contribution is 2.27. The molecule has 2 rings (SSSR count). The summed E-state index contributed by atoms with van der Waals surface area (Å²) >= 11 is 0. The number of nitrogens with zero attached hydrogens (tertiary/aromatic N) is 1. The summed E-state index contributed by atoms with van der Waals surface area (Å²) in [4.78, 5) is 38.5. The van der Waals surface area contributed by atoms with Gasteiger partial charge in [0, 0.05) is 18.8 Å². The topological polar surface area (TPSA) is 75.7 Å². The first-order chi connectivity index (χ1) is 12.3. The van der Waals surface area contributed by atoms with Crippen molar-refractivity contribution in [2.45, 2.75) is 46.5 Å². The molecule has 0 aromatic heterocycles. The molecule has 1 heterocycles. The summed E-state index contributed by atoms with van der Waals surface area (Å²) in [6.45, 7) is 8.77. The van der Waals surface area contributed by atoms with Gasteiger partial charge in [-0.25, -0.2) is 0 Å². The van der Waals surface area contributed by atoms with Crippen LogP contribution in [-0.2, 0) is 19.1 Å². The molecule has 2 amide bonds. The molecule has 1 unspecified atom stereocenters. The Morgan fingerprint density at radius 3 is 2.69 bits per heavy atom. The number of hydrogen-bond acceptors (Lipinski definition) is 4. The standard InChI is InChI=1S/C20H28N2O4/c1-5-26-20(25)15-9-7-11-22(12-15)19(24)18(23)21-17-14(4)8-6-10-16(17)13(2)3/h6,8,10,13,15H,5,7,9,11-12H2,1-4H3,(H,21,23). The lowest BCUT2D eigenvalue weighted by Gasteiger charge is -2.31. The summed E-state index contributed by atoms with van der Waals surface area (Å²) in [6.07, 6.45) is 1.36. The van der Waals surface area contributed by atoms with Crippen LogP contribution in [0.2, 0.25) is 0 Å². The molecule has 26 heavy (non-hydrogen) atoms. The molecular weight excluding hydrogens is 332 g/mol. The summed E-state index contributed by atoms with van der Waals surface area (Å²) in [5.41, 5.74) is 2.61. The first-order valence-electron chi connectivity index (χ1n) is 9.21. The molecule has 0 saturated carbocycles. The van der Waals surface area contributed by atoms with Crippen LogP contribution in [0.5, 0.6) is 0 Å². The summed E-state index contributed by atoms with van der Waals surface area (Å²) in [5.74, 6) is -1.69. The maximum atomic E-state index is 12.6. The van der Waals surface area contributed by atoms with Gasteiger partial charge in [-0.05, 0) is 43.7 Å². The third-order valence-electron chi connectivity index (χ3n) is 4.69. The first-order valence-corrected chi connectivity index (χ1v) is 9.21. The Kier molecular flexibility index (Phi) is 6.77. The fraction of sp³-hybridized carbons (Fsp3) is 0.550. The molecular formula is C20H28N2O4. The van der Waals surface area contributed by atoms with Crippen molar-refractivity contribution < 1.29 is 19.1 Å². The van der Waals surface area contributed by atoms with Crippen molar-refractivity contribution in [3.05, 3.63) is 29.3 Å². The molecule has 1 atom stereocenters. The number of carbonyl (C=O) groups excluding carboxylic acids is 3. The van der Waals surface area contributed by atoms with E-state index in [1.165, 1.54) is 4.90 Å². The van der Waals surface area contributed by atoms with E-state index >= 15 is 0 Å². The minimum Gasteiger partial charge on any atom is -0.466 e. The Morgan fingerprint density at radius 1 is 1.31 bits per heavy atom. The molecule has 1 aliphatic heterocycles. The van der Waals surface area contributed by atoms with E-state index in [0.29, 0.717) is 31.7 Å². The predicted molar refractivity (Wildman–Crippen MR) is 99.8 cm³/mol. The van der Waals surface area contributed by atoms with Gasteiger partial charge in [-0.15, -0.1) is 0 Å². The van der Waals surface area contributed by atoms with E-state index in [2.05, 4.69) is 5.32 Å². The van der Waals surface area contributed by atoms with Crippen molar-refractivity contribution in [3.8, 4) is 0 Å².